The first-order valence-corrected chi connectivity index (χ1v) is 8.04. The van der Waals surface area contributed by atoms with E-state index in [-0.39, 0.29) is 0 Å². The Hall–Kier alpha value is -0.740. The number of hydrogen-bond donors (Lipinski definition) is 1. The Morgan fingerprint density at radius 1 is 1.39 bits per heavy atom. The Kier molecular flexibility index (Phi) is 5.81. The van der Waals surface area contributed by atoms with Gasteiger partial charge in [-0.25, -0.2) is 4.98 Å². The summed E-state index contributed by atoms with van der Waals surface area (Å²) in [5, 5.41) is 3.49. The van der Waals surface area contributed by atoms with Gasteiger partial charge >= 0.3 is 0 Å². The summed E-state index contributed by atoms with van der Waals surface area (Å²) in [4.78, 5) is 6.86. The summed E-state index contributed by atoms with van der Waals surface area (Å²) in [5.74, 6) is 3.55. The van der Waals surface area contributed by atoms with Crippen molar-refractivity contribution in [3.8, 4) is 0 Å². The lowest BCUT2D eigenvalue weighted by Gasteiger charge is -2.17. The topological polar surface area (TPSA) is 28.2 Å². The van der Waals surface area contributed by atoms with Crippen LogP contribution < -0.4 is 10.2 Å². The van der Waals surface area contributed by atoms with Gasteiger partial charge in [0.05, 0.1) is 0 Å². The summed E-state index contributed by atoms with van der Waals surface area (Å²) >= 11 is 1.98. The molecule has 1 fully saturated rings. The monoisotopic (exact) mass is 265 g/mol. The lowest BCUT2D eigenvalue weighted by Crippen LogP contribution is -2.20. The molecule has 1 saturated heterocycles. The van der Waals surface area contributed by atoms with E-state index in [2.05, 4.69) is 34.3 Å². The summed E-state index contributed by atoms with van der Waals surface area (Å²) in [6, 6.07) is 4.34. The predicted octanol–water partition coefficient (Wildman–Crippen LogP) is 2.52. The van der Waals surface area contributed by atoms with Crippen LogP contribution in [-0.4, -0.2) is 36.1 Å². The van der Waals surface area contributed by atoms with E-state index in [1.54, 1.807) is 0 Å². The van der Waals surface area contributed by atoms with Gasteiger partial charge in [0.25, 0.3) is 0 Å². The van der Waals surface area contributed by atoms with E-state index >= 15 is 0 Å². The Bertz CT molecular complexity index is 351. The Labute approximate surface area is 114 Å². The number of pyridine rings is 1. The third kappa shape index (κ3) is 4.18. The molecule has 0 bridgehead atoms. The smallest absolute Gasteiger partial charge is 0.128 e. The van der Waals surface area contributed by atoms with Crippen molar-refractivity contribution in [2.45, 2.75) is 26.3 Å². The normalized spacial score (nSPS) is 15.3. The van der Waals surface area contributed by atoms with Crippen LogP contribution in [0.25, 0.3) is 0 Å². The third-order valence-corrected chi connectivity index (χ3v) is 4.10. The number of nitrogens with one attached hydrogen (secondary N) is 1. The maximum atomic E-state index is 4.47. The van der Waals surface area contributed by atoms with Crippen molar-refractivity contribution in [1.82, 2.24) is 10.3 Å². The van der Waals surface area contributed by atoms with Crippen molar-refractivity contribution in [2.24, 2.45) is 0 Å². The van der Waals surface area contributed by atoms with Crippen molar-refractivity contribution in [1.29, 1.82) is 0 Å². The molecule has 3 nitrogen and oxygen atoms in total. The van der Waals surface area contributed by atoms with Gasteiger partial charge in [-0.1, -0.05) is 6.92 Å². The maximum absolute atomic E-state index is 4.47. The van der Waals surface area contributed by atoms with Crippen LogP contribution >= 0.6 is 11.8 Å². The molecule has 0 amide bonds. The fourth-order valence-electron chi connectivity index (χ4n) is 2.21. The quantitative estimate of drug-likeness (QED) is 0.767. The van der Waals surface area contributed by atoms with Crippen LogP contribution in [0.5, 0.6) is 0 Å². The van der Waals surface area contributed by atoms with E-state index < -0.39 is 0 Å². The molecule has 2 rings (SSSR count). The van der Waals surface area contributed by atoms with E-state index in [1.165, 1.54) is 29.9 Å². The number of rotatable bonds is 7. The maximum Gasteiger partial charge on any atom is 0.128 e. The van der Waals surface area contributed by atoms with Crippen molar-refractivity contribution < 1.29 is 0 Å². The lowest BCUT2D eigenvalue weighted by atomic mass is 10.2. The van der Waals surface area contributed by atoms with Gasteiger partial charge in [0.2, 0.25) is 0 Å². The van der Waals surface area contributed by atoms with Gasteiger partial charge in [0.1, 0.15) is 5.82 Å². The molecule has 0 saturated carbocycles. The molecule has 0 spiro atoms. The number of aromatic nitrogens is 1. The standard InChI is InChI=1S/C14H23N3S/c1-2-18-10-7-15-12-13-5-6-16-14(11-13)17-8-3-4-9-17/h5-6,11,15H,2-4,7-10,12H2,1H3. The molecule has 1 N–H and O–H groups in total. The van der Waals surface area contributed by atoms with Gasteiger partial charge in [0.15, 0.2) is 0 Å². The Morgan fingerprint density at radius 2 is 2.22 bits per heavy atom. The highest BCUT2D eigenvalue weighted by Crippen LogP contribution is 2.18. The van der Waals surface area contributed by atoms with Crippen LogP contribution in [-0.2, 0) is 6.54 Å². The Balaban J connectivity index is 1.79. The average Bonchev–Trinajstić information content (AvgIpc) is 2.93. The number of anilines is 1. The molecular weight excluding hydrogens is 242 g/mol. The molecule has 0 aliphatic carbocycles. The third-order valence-electron chi connectivity index (χ3n) is 3.20. The molecule has 1 aromatic rings. The van der Waals surface area contributed by atoms with Crippen molar-refractivity contribution >= 4 is 17.6 Å². The van der Waals surface area contributed by atoms with Gasteiger partial charge in [0, 0.05) is 38.1 Å². The van der Waals surface area contributed by atoms with E-state index in [1.807, 2.05) is 18.0 Å². The SMILES string of the molecule is CCSCCNCc1ccnc(N2CCCC2)c1. The van der Waals surface area contributed by atoms with E-state index in [9.17, 15) is 0 Å². The summed E-state index contributed by atoms with van der Waals surface area (Å²) in [6.45, 7) is 6.57. The fraction of sp³-hybridized carbons (Fsp3) is 0.643. The van der Waals surface area contributed by atoms with Crippen LogP contribution in [0.1, 0.15) is 25.3 Å². The summed E-state index contributed by atoms with van der Waals surface area (Å²) in [6.07, 6.45) is 4.54. The highest BCUT2D eigenvalue weighted by molar-refractivity contribution is 7.99. The zero-order chi connectivity index (χ0) is 12.6. The molecule has 0 radical (unpaired) electrons. The van der Waals surface area contributed by atoms with E-state index in [4.69, 9.17) is 0 Å². The molecule has 0 unspecified atom stereocenters. The summed E-state index contributed by atoms with van der Waals surface area (Å²) in [7, 11) is 0. The van der Waals surface area contributed by atoms with Gasteiger partial charge in [-0.15, -0.1) is 0 Å². The second-order valence-electron chi connectivity index (χ2n) is 4.59. The van der Waals surface area contributed by atoms with Gasteiger partial charge in [-0.3, -0.25) is 0 Å². The van der Waals surface area contributed by atoms with Crippen molar-refractivity contribution in [3.05, 3.63) is 23.9 Å². The van der Waals surface area contributed by atoms with Crippen LogP contribution in [0.15, 0.2) is 18.3 Å². The van der Waals surface area contributed by atoms with Crippen LogP contribution in [0, 0.1) is 0 Å². The first-order chi connectivity index (χ1) is 8.90. The largest absolute Gasteiger partial charge is 0.357 e. The van der Waals surface area contributed by atoms with Crippen molar-refractivity contribution in [2.75, 3.05) is 36.0 Å². The summed E-state index contributed by atoms with van der Waals surface area (Å²) < 4.78 is 0. The zero-order valence-corrected chi connectivity index (χ0v) is 12.0. The van der Waals surface area contributed by atoms with Crippen LogP contribution in [0.3, 0.4) is 0 Å². The fourth-order valence-corrected chi connectivity index (χ4v) is 2.79. The van der Waals surface area contributed by atoms with E-state index in [0.717, 1.165) is 32.0 Å². The minimum absolute atomic E-state index is 0.952. The second kappa shape index (κ2) is 7.64. The molecule has 1 aliphatic heterocycles. The van der Waals surface area contributed by atoms with Crippen molar-refractivity contribution in [3.63, 3.8) is 0 Å². The Morgan fingerprint density at radius 3 is 3.00 bits per heavy atom. The first kappa shape index (κ1) is 13.7. The zero-order valence-electron chi connectivity index (χ0n) is 11.2. The number of nitrogens with zero attached hydrogens (tertiary/aromatic N) is 2. The minimum atomic E-state index is 0.952. The molecule has 0 atom stereocenters. The highest BCUT2D eigenvalue weighted by Gasteiger charge is 2.13. The van der Waals surface area contributed by atoms with E-state index in [0.29, 0.717) is 0 Å². The van der Waals surface area contributed by atoms with Gasteiger partial charge < -0.3 is 10.2 Å². The first-order valence-electron chi connectivity index (χ1n) is 6.88. The average molecular weight is 265 g/mol. The number of thioether (sulfide) groups is 1. The molecule has 2 heterocycles. The van der Waals surface area contributed by atoms with Crippen LogP contribution in [0.4, 0.5) is 5.82 Å². The second-order valence-corrected chi connectivity index (χ2v) is 5.98. The number of hydrogen-bond acceptors (Lipinski definition) is 4. The summed E-state index contributed by atoms with van der Waals surface area (Å²) in [5.41, 5.74) is 1.34. The molecule has 1 aliphatic rings. The predicted molar refractivity (Wildman–Crippen MR) is 80.4 cm³/mol. The minimum Gasteiger partial charge on any atom is -0.357 e. The van der Waals surface area contributed by atoms with Gasteiger partial charge in [-0.2, -0.15) is 11.8 Å². The lowest BCUT2D eigenvalue weighted by molar-refractivity contribution is 0.730. The highest BCUT2D eigenvalue weighted by atomic mass is 32.2. The molecule has 1 aromatic heterocycles. The molecule has 100 valence electrons. The molecular formula is C14H23N3S. The van der Waals surface area contributed by atoms with Crippen LogP contribution in [0.2, 0.25) is 0 Å². The molecule has 18 heavy (non-hydrogen) atoms. The molecule has 4 heteroatoms. The molecule has 0 aromatic carbocycles. The van der Waals surface area contributed by atoms with Gasteiger partial charge in [-0.05, 0) is 36.3 Å².